The molecule has 122 valence electrons. The number of nitro benzene ring substituents is 1. The second kappa shape index (κ2) is 7.07. The molecule has 9 heteroatoms. The van der Waals surface area contributed by atoms with E-state index in [1.807, 2.05) is 0 Å². The van der Waals surface area contributed by atoms with E-state index in [0.29, 0.717) is 18.9 Å². The molecule has 0 atom stereocenters. The molecule has 0 unspecified atom stereocenters. The summed E-state index contributed by atoms with van der Waals surface area (Å²) in [5.41, 5.74) is 5.10. The van der Waals surface area contributed by atoms with Gasteiger partial charge in [0.15, 0.2) is 4.90 Å². The van der Waals surface area contributed by atoms with Gasteiger partial charge in [-0.2, -0.15) is 0 Å². The van der Waals surface area contributed by atoms with Crippen molar-refractivity contribution in [1.29, 1.82) is 0 Å². The van der Waals surface area contributed by atoms with Crippen LogP contribution in [-0.2, 0) is 10.0 Å². The lowest BCUT2D eigenvalue weighted by molar-refractivity contribution is -0.387. The molecular weight excluding hydrogens is 322 g/mol. The van der Waals surface area contributed by atoms with Crippen molar-refractivity contribution in [3.8, 4) is 5.75 Å². The second-order valence-electron chi connectivity index (χ2n) is 4.49. The molecule has 0 aromatic heterocycles. The fourth-order valence-corrected chi connectivity index (χ4v) is 3.07. The molecule has 23 heavy (non-hydrogen) atoms. The van der Waals surface area contributed by atoms with Gasteiger partial charge in [-0.1, -0.05) is 12.1 Å². The van der Waals surface area contributed by atoms with E-state index in [1.54, 1.807) is 12.1 Å². The van der Waals surface area contributed by atoms with E-state index in [1.165, 1.54) is 30.3 Å². The molecule has 0 aliphatic rings. The van der Waals surface area contributed by atoms with Crippen LogP contribution in [0.4, 0.5) is 11.4 Å². The van der Waals surface area contributed by atoms with Crippen molar-refractivity contribution >= 4 is 21.4 Å². The molecule has 0 amide bonds. The lowest BCUT2D eigenvalue weighted by atomic mass is 10.3. The summed E-state index contributed by atoms with van der Waals surface area (Å²) in [4.78, 5) is 9.82. The third-order valence-electron chi connectivity index (χ3n) is 2.84. The van der Waals surface area contributed by atoms with E-state index in [2.05, 4.69) is 4.72 Å². The number of benzene rings is 2. The number of sulfonamides is 1. The third kappa shape index (κ3) is 4.18. The maximum atomic E-state index is 12.3. The molecule has 2 rings (SSSR count). The van der Waals surface area contributed by atoms with E-state index >= 15 is 0 Å². The Morgan fingerprint density at radius 3 is 2.39 bits per heavy atom. The molecule has 0 saturated carbocycles. The first-order chi connectivity index (χ1) is 10.9. The standard InChI is InChI=1S/C14H15N3O5S/c15-9-10-22-12-7-5-11(6-8-12)16-23(20,21)14-4-2-1-3-13(14)17(18)19/h1-8,16H,9-10,15H2. The molecule has 0 saturated heterocycles. The van der Waals surface area contributed by atoms with Crippen LogP contribution >= 0.6 is 0 Å². The van der Waals surface area contributed by atoms with Crippen LogP contribution in [0.2, 0.25) is 0 Å². The van der Waals surface area contributed by atoms with E-state index < -0.39 is 25.5 Å². The van der Waals surface area contributed by atoms with Crippen LogP contribution < -0.4 is 15.2 Å². The summed E-state index contributed by atoms with van der Waals surface area (Å²) in [6, 6.07) is 11.3. The van der Waals surface area contributed by atoms with Gasteiger partial charge in [-0.3, -0.25) is 14.8 Å². The van der Waals surface area contributed by atoms with E-state index in [-0.39, 0.29) is 5.69 Å². The van der Waals surface area contributed by atoms with Gasteiger partial charge < -0.3 is 10.5 Å². The van der Waals surface area contributed by atoms with Crippen LogP contribution in [-0.4, -0.2) is 26.5 Å². The normalized spacial score (nSPS) is 11.0. The van der Waals surface area contributed by atoms with Gasteiger partial charge in [0, 0.05) is 18.3 Å². The van der Waals surface area contributed by atoms with Crippen molar-refractivity contribution in [2.45, 2.75) is 4.90 Å². The highest BCUT2D eigenvalue weighted by molar-refractivity contribution is 7.92. The van der Waals surface area contributed by atoms with Crippen LogP contribution in [0.5, 0.6) is 5.75 Å². The molecule has 3 N–H and O–H groups in total. The highest BCUT2D eigenvalue weighted by atomic mass is 32.2. The summed E-state index contributed by atoms with van der Waals surface area (Å²) in [7, 11) is -4.07. The molecule has 0 bridgehead atoms. The zero-order valence-electron chi connectivity index (χ0n) is 12.0. The average molecular weight is 337 g/mol. The highest BCUT2D eigenvalue weighted by Crippen LogP contribution is 2.26. The summed E-state index contributed by atoms with van der Waals surface area (Å²) in [5.74, 6) is 0.545. The first-order valence-corrected chi connectivity index (χ1v) is 8.11. The third-order valence-corrected chi connectivity index (χ3v) is 4.27. The van der Waals surface area contributed by atoms with Gasteiger partial charge in [0.05, 0.1) is 4.92 Å². The highest BCUT2D eigenvalue weighted by Gasteiger charge is 2.25. The first kappa shape index (κ1) is 16.7. The summed E-state index contributed by atoms with van der Waals surface area (Å²) in [5, 5.41) is 11.0. The van der Waals surface area contributed by atoms with E-state index in [9.17, 15) is 18.5 Å². The first-order valence-electron chi connectivity index (χ1n) is 6.63. The smallest absolute Gasteiger partial charge is 0.289 e. The Hall–Kier alpha value is -2.65. The van der Waals surface area contributed by atoms with Gasteiger partial charge in [-0.05, 0) is 30.3 Å². The lowest BCUT2D eigenvalue weighted by Crippen LogP contribution is -2.14. The van der Waals surface area contributed by atoms with Crippen molar-refractivity contribution in [3.05, 3.63) is 58.6 Å². The Morgan fingerprint density at radius 1 is 1.13 bits per heavy atom. The van der Waals surface area contributed by atoms with E-state index in [4.69, 9.17) is 10.5 Å². The molecule has 0 radical (unpaired) electrons. The number of anilines is 1. The van der Waals surface area contributed by atoms with Crippen LogP contribution in [0.25, 0.3) is 0 Å². The van der Waals surface area contributed by atoms with E-state index in [0.717, 1.165) is 6.07 Å². The number of ether oxygens (including phenoxy) is 1. The molecule has 0 heterocycles. The lowest BCUT2D eigenvalue weighted by Gasteiger charge is -2.09. The van der Waals surface area contributed by atoms with Crippen molar-refractivity contribution < 1.29 is 18.1 Å². The monoisotopic (exact) mass is 337 g/mol. The van der Waals surface area contributed by atoms with Crippen LogP contribution in [0.15, 0.2) is 53.4 Å². The predicted molar refractivity (Wildman–Crippen MR) is 84.9 cm³/mol. The maximum Gasteiger partial charge on any atom is 0.289 e. The Balaban J connectivity index is 2.23. The minimum atomic E-state index is -4.07. The van der Waals surface area contributed by atoms with Crippen LogP contribution in [0.1, 0.15) is 0 Å². The van der Waals surface area contributed by atoms with Crippen molar-refractivity contribution in [1.82, 2.24) is 0 Å². The summed E-state index contributed by atoms with van der Waals surface area (Å²) in [6.45, 7) is 0.716. The quantitative estimate of drug-likeness (QED) is 0.585. The average Bonchev–Trinajstić information content (AvgIpc) is 2.54. The Morgan fingerprint density at radius 2 is 1.78 bits per heavy atom. The zero-order chi connectivity index (χ0) is 16.9. The Labute approximate surface area is 133 Å². The fourth-order valence-electron chi connectivity index (χ4n) is 1.84. The molecule has 2 aromatic carbocycles. The van der Waals surface area contributed by atoms with Gasteiger partial charge in [0.2, 0.25) is 0 Å². The molecule has 0 spiro atoms. The number of hydrogen-bond donors (Lipinski definition) is 2. The number of nitrogens with one attached hydrogen (secondary N) is 1. The van der Waals surface area contributed by atoms with Crippen molar-refractivity contribution in [2.24, 2.45) is 5.73 Å². The second-order valence-corrected chi connectivity index (χ2v) is 6.14. The maximum absolute atomic E-state index is 12.3. The Bertz CT molecular complexity index is 790. The molecule has 0 fully saturated rings. The number of nitro groups is 1. The molecule has 2 aromatic rings. The number of nitrogens with zero attached hydrogens (tertiary/aromatic N) is 1. The van der Waals surface area contributed by atoms with Gasteiger partial charge in [-0.15, -0.1) is 0 Å². The summed E-state index contributed by atoms with van der Waals surface area (Å²) >= 11 is 0. The molecule has 0 aliphatic carbocycles. The topological polar surface area (TPSA) is 125 Å². The molecule has 0 aliphatic heterocycles. The summed E-state index contributed by atoms with van der Waals surface area (Å²) in [6.07, 6.45) is 0. The largest absolute Gasteiger partial charge is 0.492 e. The molecule has 8 nitrogen and oxygen atoms in total. The SMILES string of the molecule is NCCOc1ccc(NS(=O)(=O)c2ccccc2[N+](=O)[O-])cc1. The molecular formula is C14H15N3O5S. The predicted octanol–water partition coefficient (Wildman–Crippen LogP) is 1.73. The van der Waals surface area contributed by atoms with Crippen molar-refractivity contribution in [3.63, 3.8) is 0 Å². The van der Waals surface area contributed by atoms with Crippen LogP contribution in [0.3, 0.4) is 0 Å². The van der Waals surface area contributed by atoms with Crippen molar-refractivity contribution in [2.75, 3.05) is 17.9 Å². The van der Waals surface area contributed by atoms with Gasteiger partial charge >= 0.3 is 0 Å². The number of rotatable bonds is 7. The van der Waals surface area contributed by atoms with Gasteiger partial charge in [-0.25, -0.2) is 8.42 Å². The van der Waals surface area contributed by atoms with Gasteiger partial charge in [0.25, 0.3) is 15.7 Å². The minimum Gasteiger partial charge on any atom is -0.492 e. The number of para-hydroxylation sites is 1. The number of hydrogen-bond acceptors (Lipinski definition) is 6. The minimum absolute atomic E-state index is 0.267. The number of nitrogens with two attached hydrogens (primary N) is 1. The van der Waals surface area contributed by atoms with Gasteiger partial charge in [0.1, 0.15) is 12.4 Å². The fraction of sp³-hybridized carbons (Fsp3) is 0.143. The Kier molecular flexibility index (Phi) is 5.14. The zero-order valence-corrected chi connectivity index (χ0v) is 12.8. The summed E-state index contributed by atoms with van der Waals surface area (Å²) < 4.78 is 32.2. The van der Waals surface area contributed by atoms with Crippen LogP contribution in [0, 0.1) is 10.1 Å².